The number of nitrogens with zero attached hydrogens (tertiary/aromatic N) is 3. The fourth-order valence-corrected chi connectivity index (χ4v) is 4.76. The number of aliphatic carboxylic acids is 2. The fourth-order valence-electron chi connectivity index (χ4n) is 3.76. The summed E-state index contributed by atoms with van der Waals surface area (Å²) in [6, 6.07) is 9.35. The van der Waals surface area contributed by atoms with Gasteiger partial charge in [-0.05, 0) is 19.4 Å². The number of piperazine rings is 1. The molecule has 11 nitrogen and oxygen atoms in total. The Bertz CT molecular complexity index is 1050. The van der Waals surface area contributed by atoms with Crippen LogP contribution in [0.1, 0.15) is 36.2 Å². The van der Waals surface area contributed by atoms with E-state index in [1.165, 1.54) is 11.3 Å². The van der Waals surface area contributed by atoms with Gasteiger partial charge in [0.1, 0.15) is 10.0 Å². The van der Waals surface area contributed by atoms with Crippen LogP contribution in [-0.2, 0) is 14.4 Å². The van der Waals surface area contributed by atoms with E-state index < -0.39 is 17.8 Å². The van der Waals surface area contributed by atoms with Crippen molar-refractivity contribution < 1.29 is 29.4 Å². The van der Waals surface area contributed by atoms with Crippen molar-refractivity contribution in [3.05, 3.63) is 36.0 Å². The minimum Gasteiger partial charge on any atom is -0.481 e. The molecular weight excluding hydrogens is 486 g/mol. The van der Waals surface area contributed by atoms with Gasteiger partial charge in [-0.15, -0.1) is 0 Å². The van der Waals surface area contributed by atoms with Gasteiger partial charge in [-0.2, -0.15) is 0 Å². The minimum atomic E-state index is -0.952. The Morgan fingerprint density at radius 1 is 0.944 bits per heavy atom. The molecule has 0 radical (unpaired) electrons. The van der Waals surface area contributed by atoms with Gasteiger partial charge in [-0.1, -0.05) is 41.7 Å². The zero-order valence-electron chi connectivity index (χ0n) is 19.9. The average Bonchev–Trinajstić information content (AvgIpc) is 3.30. The maximum atomic E-state index is 12.9. The summed E-state index contributed by atoms with van der Waals surface area (Å²) in [6.07, 6.45) is 1.50. The molecule has 1 aliphatic heterocycles. The summed E-state index contributed by atoms with van der Waals surface area (Å²) in [5, 5.41) is 24.3. The molecule has 0 atom stereocenters. The van der Waals surface area contributed by atoms with Crippen LogP contribution in [0.3, 0.4) is 0 Å². The molecule has 1 aliphatic rings. The summed E-state index contributed by atoms with van der Waals surface area (Å²) >= 11 is 1.26. The van der Waals surface area contributed by atoms with Crippen molar-refractivity contribution in [1.82, 2.24) is 20.1 Å². The molecule has 0 unspecified atom stereocenters. The number of rotatable bonds is 13. The molecule has 1 saturated heterocycles. The summed E-state index contributed by atoms with van der Waals surface area (Å²) in [7, 11) is 0. The maximum absolute atomic E-state index is 12.9. The van der Waals surface area contributed by atoms with Crippen LogP contribution in [-0.4, -0.2) is 94.6 Å². The Morgan fingerprint density at radius 2 is 1.64 bits per heavy atom. The molecule has 0 saturated carbocycles. The van der Waals surface area contributed by atoms with E-state index in [4.69, 9.17) is 10.2 Å². The molecule has 0 bridgehead atoms. The van der Waals surface area contributed by atoms with E-state index in [0.29, 0.717) is 42.6 Å². The van der Waals surface area contributed by atoms with Gasteiger partial charge in [0.25, 0.3) is 5.91 Å². The lowest BCUT2D eigenvalue weighted by Crippen LogP contribution is -2.51. The number of unbranched alkanes of at least 4 members (excludes halogenated alkanes) is 1. The average molecular weight is 518 g/mol. The summed E-state index contributed by atoms with van der Waals surface area (Å²) in [6.45, 7) is 3.29. The van der Waals surface area contributed by atoms with E-state index in [9.17, 15) is 19.2 Å². The molecule has 0 aliphatic carbocycles. The number of carboxylic acid groups (broad SMARTS) is 2. The smallest absolute Gasteiger partial charge is 0.305 e. The first-order valence-corrected chi connectivity index (χ1v) is 12.7. The van der Waals surface area contributed by atoms with E-state index >= 15 is 0 Å². The number of nitrogens with one attached hydrogen (secondary N) is 2. The summed E-state index contributed by atoms with van der Waals surface area (Å²) < 4.78 is 0. The third kappa shape index (κ3) is 8.31. The predicted molar refractivity (Wildman–Crippen MR) is 135 cm³/mol. The normalized spacial score (nSPS) is 13.8. The van der Waals surface area contributed by atoms with Gasteiger partial charge in [-0.3, -0.25) is 24.1 Å². The highest BCUT2D eigenvalue weighted by Crippen LogP contribution is 2.32. The lowest BCUT2D eigenvalue weighted by atomic mass is 10.2. The number of anilines is 1. The highest BCUT2D eigenvalue weighted by molar-refractivity contribution is 7.19. The number of benzene rings is 1. The summed E-state index contributed by atoms with van der Waals surface area (Å²) in [4.78, 5) is 55.4. The second kappa shape index (κ2) is 13.5. The van der Waals surface area contributed by atoms with Gasteiger partial charge in [0.2, 0.25) is 5.91 Å². The van der Waals surface area contributed by atoms with Crippen molar-refractivity contribution in [2.45, 2.75) is 25.7 Å². The Hall–Kier alpha value is -3.51. The van der Waals surface area contributed by atoms with Crippen LogP contribution in [0, 0.1) is 0 Å². The van der Waals surface area contributed by atoms with Crippen molar-refractivity contribution in [3.8, 4) is 10.6 Å². The van der Waals surface area contributed by atoms with Gasteiger partial charge in [0.05, 0.1) is 13.0 Å². The quantitative estimate of drug-likeness (QED) is 0.292. The zero-order valence-corrected chi connectivity index (χ0v) is 20.8. The molecule has 3 rings (SSSR count). The topological polar surface area (TPSA) is 152 Å². The summed E-state index contributed by atoms with van der Waals surface area (Å²) in [5.41, 5.74) is 0.961. The Morgan fingerprint density at radius 3 is 2.31 bits per heavy atom. The Labute approximate surface area is 213 Å². The predicted octanol–water partition coefficient (Wildman–Crippen LogP) is 1.83. The number of carbonyl (C=O) groups excluding carboxylic acids is 2. The maximum Gasteiger partial charge on any atom is 0.305 e. The van der Waals surface area contributed by atoms with Crippen LogP contribution in [0.15, 0.2) is 30.3 Å². The van der Waals surface area contributed by atoms with Gasteiger partial charge in [-0.25, -0.2) is 4.98 Å². The fraction of sp³-hybridized carbons (Fsp3) is 0.458. The monoisotopic (exact) mass is 517 g/mol. The van der Waals surface area contributed by atoms with E-state index in [0.717, 1.165) is 18.5 Å². The van der Waals surface area contributed by atoms with Crippen LogP contribution < -0.4 is 10.6 Å². The van der Waals surface area contributed by atoms with Crippen LogP contribution in [0.25, 0.3) is 10.6 Å². The number of aromatic nitrogens is 1. The van der Waals surface area contributed by atoms with Crippen molar-refractivity contribution in [2.75, 3.05) is 51.1 Å². The second-order valence-electron chi connectivity index (χ2n) is 8.39. The highest BCUT2D eigenvalue weighted by Gasteiger charge is 2.23. The lowest BCUT2D eigenvalue weighted by Gasteiger charge is -2.34. The van der Waals surface area contributed by atoms with E-state index in [2.05, 4.69) is 20.5 Å². The minimum absolute atomic E-state index is 0.107. The van der Waals surface area contributed by atoms with Crippen LogP contribution in [0.2, 0.25) is 0 Å². The molecule has 2 amide bonds. The number of hydrogen-bond donors (Lipinski definition) is 4. The SMILES string of the molecule is O=C(O)CCCCN1CCN(C(=O)CNC(=O)c2nc(-c3ccccc3)sc2NCCC(=O)O)CC1. The highest BCUT2D eigenvalue weighted by atomic mass is 32.1. The molecule has 0 spiro atoms. The van der Waals surface area contributed by atoms with E-state index in [1.54, 1.807) is 4.90 Å². The largest absolute Gasteiger partial charge is 0.481 e. The van der Waals surface area contributed by atoms with Gasteiger partial charge in [0, 0.05) is 44.7 Å². The van der Waals surface area contributed by atoms with Crippen LogP contribution >= 0.6 is 11.3 Å². The molecule has 1 fully saturated rings. The zero-order chi connectivity index (χ0) is 25.9. The van der Waals surface area contributed by atoms with E-state index in [-0.39, 0.29) is 37.5 Å². The lowest BCUT2D eigenvalue weighted by molar-refractivity contribution is -0.138. The standard InChI is InChI=1S/C24H31N5O6S/c30-18(29-14-12-28(13-15-29)11-5-4-8-19(31)32)16-26-22(35)21-24(25-10-9-20(33)34)36-23(27-21)17-6-2-1-3-7-17/h1-3,6-7,25H,4-5,8-16H2,(H,26,35)(H,31,32)(H,33,34). The van der Waals surface area contributed by atoms with Gasteiger partial charge >= 0.3 is 11.9 Å². The molecule has 1 aromatic carbocycles. The molecule has 12 heteroatoms. The number of thiazole rings is 1. The third-order valence-electron chi connectivity index (χ3n) is 5.73. The summed E-state index contributed by atoms with van der Waals surface area (Å²) in [5.74, 6) is -2.43. The Balaban J connectivity index is 1.52. The number of hydrogen-bond acceptors (Lipinski definition) is 8. The number of amides is 2. The first-order valence-electron chi connectivity index (χ1n) is 11.9. The molecular formula is C24H31N5O6S. The van der Waals surface area contributed by atoms with Crippen molar-refractivity contribution in [2.24, 2.45) is 0 Å². The molecule has 194 valence electrons. The van der Waals surface area contributed by atoms with Gasteiger partial charge < -0.3 is 25.7 Å². The number of carbonyl (C=O) groups is 4. The molecule has 1 aromatic heterocycles. The van der Waals surface area contributed by atoms with Crippen molar-refractivity contribution >= 4 is 40.1 Å². The molecule has 4 N–H and O–H groups in total. The van der Waals surface area contributed by atoms with Gasteiger partial charge in [0.15, 0.2) is 5.69 Å². The van der Waals surface area contributed by atoms with Crippen molar-refractivity contribution in [1.29, 1.82) is 0 Å². The first kappa shape index (κ1) is 27.1. The third-order valence-corrected chi connectivity index (χ3v) is 6.79. The number of carboxylic acids is 2. The molecule has 2 aromatic rings. The Kier molecular flexibility index (Phi) is 10.2. The first-order chi connectivity index (χ1) is 17.3. The van der Waals surface area contributed by atoms with Crippen molar-refractivity contribution in [3.63, 3.8) is 0 Å². The van der Waals surface area contributed by atoms with E-state index in [1.807, 2.05) is 30.3 Å². The van der Waals surface area contributed by atoms with Crippen LogP contribution in [0.5, 0.6) is 0 Å². The molecule has 36 heavy (non-hydrogen) atoms. The second-order valence-corrected chi connectivity index (χ2v) is 9.39. The molecule has 2 heterocycles. The van der Waals surface area contributed by atoms with Crippen LogP contribution in [0.4, 0.5) is 5.00 Å².